The molecule has 0 aliphatic carbocycles. The summed E-state index contributed by atoms with van der Waals surface area (Å²) < 4.78 is 17.1. The van der Waals surface area contributed by atoms with Crippen molar-refractivity contribution in [3.05, 3.63) is 72.4 Å². The molecule has 1 unspecified atom stereocenters. The summed E-state index contributed by atoms with van der Waals surface area (Å²) in [6.07, 6.45) is 5.72. The van der Waals surface area contributed by atoms with E-state index in [0.717, 1.165) is 16.8 Å². The first kappa shape index (κ1) is 17.9. The Morgan fingerprint density at radius 2 is 1.89 bits per heavy atom. The lowest BCUT2D eigenvalue weighted by Crippen LogP contribution is -2.08. The number of aliphatic hydroxyl groups excluding tert-OH is 1. The Bertz CT molecular complexity index is 1170. The monoisotopic (exact) mass is 375 g/mol. The first-order chi connectivity index (χ1) is 13.6. The Balaban J connectivity index is 1.94. The lowest BCUT2D eigenvalue weighted by molar-refractivity contribution is 0.263. The van der Waals surface area contributed by atoms with Crippen molar-refractivity contribution in [2.45, 2.75) is 19.4 Å². The van der Waals surface area contributed by atoms with Gasteiger partial charge in [0.05, 0.1) is 30.1 Å². The fourth-order valence-electron chi connectivity index (χ4n) is 3.32. The standard InChI is InChI=1S/C21H18FN5O/c1-14(9-10-28)27-13-25-20(15-3-6-17(22)7-4-15)21(27)16-5-8-18-24-11-19(23-2)26(18)12-16/h3-8,11-14,28H,9-10H2,1H3. The molecule has 4 aromatic rings. The van der Waals surface area contributed by atoms with Gasteiger partial charge in [0.1, 0.15) is 5.82 Å². The molecule has 0 bridgehead atoms. The van der Waals surface area contributed by atoms with Crippen LogP contribution in [0.25, 0.3) is 33.0 Å². The van der Waals surface area contributed by atoms with Crippen molar-refractivity contribution in [2.75, 3.05) is 6.61 Å². The minimum atomic E-state index is -0.306. The summed E-state index contributed by atoms with van der Waals surface area (Å²) >= 11 is 0. The van der Waals surface area contributed by atoms with E-state index < -0.39 is 0 Å². The van der Waals surface area contributed by atoms with Crippen molar-refractivity contribution in [1.82, 2.24) is 18.9 Å². The van der Waals surface area contributed by atoms with Crippen LogP contribution < -0.4 is 0 Å². The summed E-state index contributed by atoms with van der Waals surface area (Å²) in [7, 11) is 0. The zero-order valence-corrected chi connectivity index (χ0v) is 15.2. The Kier molecular flexibility index (Phi) is 4.63. The van der Waals surface area contributed by atoms with Crippen LogP contribution in [0.4, 0.5) is 10.2 Å². The van der Waals surface area contributed by atoms with Gasteiger partial charge in [-0.05, 0) is 43.7 Å². The lowest BCUT2D eigenvalue weighted by Gasteiger charge is -2.16. The molecule has 140 valence electrons. The lowest BCUT2D eigenvalue weighted by atomic mass is 10.0. The molecule has 0 aliphatic heterocycles. The van der Waals surface area contributed by atoms with E-state index in [9.17, 15) is 9.50 Å². The highest BCUT2D eigenvalue weighted by atomic mass is 19.1. The Morgan fingerprint density at radius 3 is 2.61 bits per heavy atom. The van der Waals surface area contributed by atoms with Crippen molar-refractivity contribution in [2.24, 2.45) is 0 Å². The van der Waals surface area contributed by atoms with Gasteiger partial charge in [0.2, 0.25) is 5.65 Å². The maximum absolute atomic E-state index is 13.4. The smallest absolute Gasteiger partial charge is 0.254 e. The molecule has 0 spiro atoms. The van der Waals surface area contributed by atoms with Crippen LogP contribution >= 0.6 is 0 Å². The number of halogens is 1. The molecular weight excluding hydrogens is 357 g/mol. The highest BCUT2D eigenvalue weighted by Crippen LogP contribution is 2.34. The number of imidazole rings is 2. The normalized spacial score (nSPS) is 12.2. The molecule has 0 saturated heterocycles. The maximum Gasteiger partial charge on any atom is 0.254 e. The quantitative estimate of drug-likeness (QED) is 0.523. The zero-order valence-electron chi connectivity index (χ0n) is 15.2. The molecule has 28 heavy (non-hydrogen) atoms. The van der Waals surface area contributed by atoms with Crippen LogP contribution in [-0.4, -0.2) is 30.6 Å². The summed E-state index contributed by atoms with van der Waals surface area (Å²) in [4.78, 5) is 12.3. The van der Waals surface area contributed by atoms with E-state index in [1.165, 1.54) is 12.1 Å². The molecule has 3 heterocycles. The van der Waals surface area contributed by atoms with Gasteiger partial charge in [-0.15, -0.1) is 0 Å². The van der Waals surface area contributed by atoms with Crippen molar-refractivity contribution in [3.63, 3.8) is 0 Å². The van der Waals surface area contributed by atoms with Gasteiger partial charge in [0.15, 0.2) is 0 Å². The fraction of sp³-hybridized carbons (Fsp3) is 0.190. The van der Waals surface area contributed by atoms with Crippen molar-refractivity contribution in [1.29, 1.82) is 0 Å². The summed E-state index contributed by atoms with van der Waals surface area (Å²) in [6.45, 7) is 9.41. The van der Waals surface area contributed by atoms with Gasteiger partial charge in [0.25, 0.3) is 5.82 Å². The number of hydrogen-bond acceptors (Lipinski definition) is 3. The average molecular weight is 375 g/mol. The van der Waals surface area contributed by atoms with Crippen molar-refractivity contribution < 1.29 is 9.50 Å². The average Bonchev–Trinajstić information content (AvgIpc) is 3.32. The predicted molar refractivity (Wildman–Crippen MR) is 104 cm³/mol. The van der Waals surface area contributed by atoms with Gasteiger partial charge in [0, 0.05) is 29.8 Å². The van der Waals surface area contributed by atoms with Gasteiger partial charge >= 0.3 is 0 Å². The van der Waals surface area contributed by atoms with E-state index in [1.807, 2.05) is 29.8 Å². The molecule has 1 aromatic carbocycles. The molecule has 1 atom stereocenters. The molecule has 0 radical (unpaired) electrons. The third-order valence-electron chi connectivity index (χ3n) is 4.81. The SMILES string of the molecule is [C-]#[N+]c1cnc2ccc(-c3c(-c4ccc(F)cc4)ncn3C(C)CCO)cn12. The summed E-state index contributed by atoms with van der Waals surface area (Å²) in [5, 5.41) is 9.37. The topological polar surface area (TPSA) is 59.7 Å². The second kappa shape index (κ2) is 7.25. The van der Waals surface area contributed by atoms with Crippen LogP contribution in [0.3, 0.4) is 0 Å². The predicted octanol–water partition coefficient (Wildman–Crippen LogP) is 4.50. The number of nitrogens with zero attached hydrogens (tertiary/aromatic N) is 5. The van der Waals surface area contributed by atoms with Gasteiger partial charge in [-0.1, -0.05) is 6.57 Å². The number of hydrogen-bond donors (Lipinski definition) is 1. The Morgan fingerprint density at radius 1 is 1.14 bits per heavy atom. The number of pyridine rings is 1. The van der Waals surface area contributed by atoms with Crippen LogP contribution in [0, 0.1) is 12.4 Å². The van der Waals surface area contributed by atoms with Crippen molar-refractivity contribution in [3.8, 4) is 22.5 Å². The maximum atomic E-state index is 13.4. The number of fused-ring (bicyclic) bond motifs is 1. The first-order valence-electron chi connectivity index (χ1n) is 8.91. The van der Waals surface area contributed by atoms with Gasteiger partial charge in [-0.2, -0.15) is 0 Å². The van der Waals surface area contributed by atoms with Crippen molar-refractivity contribution >= 4 is 11.5 Å². The molecule has 0 fully saturated rings. The van der Waals surface area contributed by atoms with Crippen LogP contribution in [0.5, 0.6) is 0 Å². The summed E-state index contributed by atoms with van der Waals surface area (Å²) in [5.74, 6) is 0.120. The van der Waals surface area contributed by atoms with Crippen LogP contribution in [-0.2, 0) is 0 Å². The number of aliphatic hydroxyl groups is 1. The van der Waals surface area contributed by atoms with Crippen LogP contribution in [0.15, 0.2) is 55.1 Å². The van der Waals surface area contributed by atoms with Crippen LogP contribution in [0.2, 0.25) is 0 Å². The molecule has 7 heteroatoms. The number of rotatable bonds is 5. The fourth-order valence-corrected chi connectivity index (χ4v) is 3.32. The number of benzene rings is 1. The largest absolute Gasteiger partial charge is 0.396 e. The second-order valence-electron chi connectivity index (χ2n) is 6.59. The molecule has 3 aromatic heterocycles. The van der Waals surface area contributed by atoms with Gasteiger partial charge < -0.3 is 14.5 Å². The molecule has 1 N–H and O–H groups in total. The zero-order chi connectivity index (χ0) is 19.7. The second-order valence-corrected chi connectivity index (χ2v) is 6.59. The summed E-state index contributed by atoms with van der Waals surface area (Å²) in [5.41, 5.74) is 3.90. The van der Waals surface area contributed by atoms with Gasteiger partial charge in [-0.25, -0.2) is 18.8 Å². The molecule has 6 nitrogen and oxygen atoms in total. The third-order valence-corrected chi connectivity index (χ3v) is 4.81. The molecule has 0 amide bonds. The summed E-state index contributed by atoms with van der Waals surface area (Å²) in [6, 6.07) is 10.0. The van der Waals surface area contributed by atoms with E-state index in [2.05, 4.69) is 14.8 Å². The van der Waals surface area contributed by atoms with Crippen LogP contribution in [0.1, 0.15) is 19.4 Å². The van der Waals surface area contributed by atoms with E-state index >= 15 is 0 Å². The van der Waals surface area contributed by atoms with E-state index in [0.29, 0.717) is 23.6 Å². The Hall–Kier alpha value is -3.50. The first-order valence-corrected chi connectivity index (χ1v) is 8.91. The van der Waals surface area contributed by atoms with E-state index in [1.54, 1.807) is 29.1 Å². The third kappa shape index (κ3) is 3.04. The highest BCUT2D eigenvalue weighted by molar-refractivity contribution is 5.79. The number of aromatic nitrogens is 4. The molecule has 0 saturated carbocycles. The van der Waals surface area contributed by atoms with Gasteiger partial charge in [-0.3, -0.25) is 0 Å². The molecule has 0 aliphatic rings. The van der Waals surface area contributed by atoms with E-state index in [4.69, 9.17) is 6.57 Å². The minimum absolute atomic E-state index is 0.0144. The minimum Gasteiger partial charge on any atom is -0.396 e. The molecular formula is C21H18FN5O. The Labute approximate surface area is 161 Å². The van der Waals surface area contributed by atoms with E-state index in [-0.39, 0.29) is 18.5 Å². The highest BCUT2D eigenvalue weighted by Gasteiger charge is 2.20. The molecule has 4 rings (SSSR count).